The van der Waals surface area contributed by atoms with Gasteiger partial charge >= 0.3 is 11.9 Å². The Bertz CT molecular complexity index is 2610. The molecule has 0 amide bonds. The van der Waals surface area contributed by atoms with Crippen LogP contribution in [-0.2, 0) is 44.9 Å². The summed E-state index contributed by atoms with van der Waals surface area (Å²) < 4.78 is 6.72. The number of nitrogens with zero attached hydrogens (tertiary/aromatic N) is 2. The van der Waals surface area contributed by atoms with Gasteiger partial charge < -0.3 is 29.7 Å². The van der Waals surface area contributed by atoms with Gasteiger partial charge in [0.1, 0.15) is 6.61 Å². The van der Waals surface area contributed by atoms with Crippen molar-refractivity contribution in [2.45, 2.75) is 130 Å². The first-order valence-electron chi connectivity index (χ1n) is 21.3. The molecule has 4 N–H and O–H groups in total. The van der Waals surface area contributed by atoms with Crippen molar-refractivity contribution in [2.75, 3.05) is 0 Å². The van der Waals surface area contributed by atoms with E-state index >= 15 is 0 Å². The van der Waals surface area contributed by atoms with Crippen LogP contribution in [0.1, 0.15) is 126 Å². The number of aromatic nitrogens is 2. The minimum absolute atomic E-state index is 0.00431. The summed E-state index contributed by atoms with van der Waals surface area (Å²) in [6.07, 6.45) is 10.2. The van der Waals surface area contributed by atoms with Crippen LogP contribution in [0.2, 0.25) is 0 Å². The molecule has 7 atom stereocenters. The third kappa shape index (κ3) is 5.26. The largest absolute Gasteiger partial charge is 0.504 e. The predicted octanol–water partition coefficient (Wildman–Crippen LogP) is 8.72. The number of pyridine rings is 2. The topological polar surface area (TPSA) is 159 Å². The highest BCUT2D eigenvalue weighted by molar-refractivity contribution is 5.86. The molecule has 10 heteroatoms. The number of phenols is 2. The summed E-state index contributed by atoms with van der Waals surface area (Å²) in [6.45, 7) is 15.5. The number of aliphatic hydroxyl groups is 1. The summed E-state index contributed by atoms with van der Waals surface area (Å²) in [6, 6.07) is 13.4. The highest BCUT2D eigenvalue weighted by Crippen LogP contribution is 2.74. The van der Waals surface area contributed by atoms with Gasteiger partial charge in [-0.05, 0) is 135 Å². The number of aliphatic carboxylic acids is 1. The molecule has 3 saturated carbocycles. The molecule has 0 radical (unpaired) electrons. The van der Waals surface area contributed by atoms with E-state index in [0.29, 0.717) is 29.3 Å². The number of carboxylic acid groups (broad SMARTS) is 1. The summed E-state index contributed by atoms with van der Waals surface area (Å²) in [7, 11) is 0. The second kappa shape index (κ2) is 12.8. The molecule has 0 bridgehead atoms. The number of aromatic hydroxyl groups is 2. The van der Waals surface area contributed by atoms with E-state index in [2.05, 4.69) is 33.8 Å². The van der Waals surface area contributed by atoms with Crippen molar-refractivity contribution in [2.24, 2.45) is 27.6 Å². The Balaban J connectivity index is 0.000000156. The van der Waals surface area contributed by atoms with Crippen molar-refractivity contribution >= 4 is 22.8 Å². The molecular weight excluding hydrogens is 745 g/mol. The molecule has 4 aromatic rings. The number of ether oxygens (including phenoxy) is 1. The monoisotopic (exact) mass is 800 g/mol. The van der Waals surface area contributed by atoms with Crippen LogP contribution in [0.3, 0.4) is 0 Å². The maximum absolute atomic E-state index is 13.0. The lowest BCUT2D eigenvalue weighted by molar-refractivity contribution is -0.177. The molecule has 10 nitrogen and oxygen atoms in total. The Hall–Kier alpha value is -4.96. The molecule has 59 heavy (non-hydrogen) atoms. The molecule has 0 saturated heterocycles. The highest BCUT2D eigenvalue weighted by Gasteiger charge is 2.67. The van der Waals surface area contributed by atoms with Gasteiger partial charge in [0.25, 0.3) is 5.56 Å². The second-order valence-electron chi connectivity index (χ2n) is 19.9. The average molecular weight is 801 g/mol. The van der Waals surface area contributed by atoms with Gasteiger partial charge in [0.15, 0.2) is 17.1 Å². The molecule has 2 aliphatic heterocycles. The fourth-order valence-corrected chi connectivity index (χ4v) is 12.8. The molecule has 4 aliphatic carbocycles. The number of benzene rings is 2. The number of hydrogen-bond acceptors (Lipinski definition) is 8. The minimum Gasteiger partial charge on any atom is -0.504 e. The SMILES string of the molecule is CCC1(O)C(=O)OCc2c1cc1n(c2=O)Cc2cc3ccccc3nc2-1.Cc1c(O)c(O)cc2c1CC=C1C2(C)CCC2(C)C3CC(C)(C(=O)O)CCC3(C)CCC12C. The van der Waals surface area contributed by atoms with Crippen molar-refractivity contribution in [1.29, 1.82) is 0 Å². The van der Waals surface area contributed by atoms with Gasteiger partial charge in [-0.25, -0.2) is 9.78 Å². The number of carbonyl (C=O) groups is 2. The van der Waals surface area contributed by atoms with Crippen LogP contribution in [0.4, 0.5) is 0 Å². The zero-order valence-electron chi connectivity index (χ0n) is 35.3. The molecule has 10 rings (SSSR count). The number of esters is 1. The Kier molecular flexibility index (Phi) is 8.55. The van der Waals surface area contributed by atoms with E-state index in [1.807, 2.05) is 50.2 Å². The summed E-state index contributed by atoms with van der Waals surface area (Å²) in [5.41, 5.74) is 5.82. The first kappa shape index (κ1) is 39.5. The summed E-state index contributed by atoms with van der Waals surface area (Å²) in [4.78, 5) is 42.1. The van der Waals surface area contributed by atoms with E-state index in [-0.39, 0.29) is 51.7 Å². The van der Waals surface area contributed by atoms with Crippen molar-refractivity contribution in [3.8, 4) is 22.9 Å². The Labute approximate surface area is 345 Å². The number of cyclic esters (lactones) is 1. The summed E-state index contributed by atoms with van der Waals surface area (Å²) >= 11 is 0. The van der Waals surface area contributed by atoms with Crippen molar-refractivity contribution < 1.29 is 34.8 Å². The van der Waals surface area contributed by atoms with E-state index < -0.39 is 23.0 Å². The fourth-order valence-electron chi connectivity index (χ4n) is 12.8. The standard InChI is InChI=1S/C29H40O4.C20H16N2O4/c1-17-18-7-8-21-27(4,19(18)15-20(30)23(17)31)12-14-29(6)22-16-26(3,24(32)33)10-9-25(22,2)11-13-28(21,29)5;1-2-20(25)14-8-16-17-12(7-11-5-3-4-6-15(11)21-17)9-22(16)18(23)13(14)10-26-19(20)24/h8,15,22,30-31H,7,9-14,16H2,1-6H3,(H,32,33);3-8,25H,2,9-10H2,1H3. The number of fused-ring (bicyclic) bond motifs is 12. The summed E-state index contributed by atoms with van der Waals surface area (Å²) in [5.74, 6) is -0.989. The van der Waals surface area contributed by atoms with Crippen LogP contribution < -0.4 is 5.56 Å². The lowest BCUT2D eigenvalue weighted by Crippen LogP contribution is -2.62. The molecular formula is C49H56N2O8. The zero-order chi connectivity index (χ0) is 42.2. The van der Waals surface area contributed by atoms with Crippen LogP contribution in [0.15, 0.2) is 58.9 Å². The number of carbonyl (C=O) groups excluding carboxylic acids is 1. The Morgan fingerprint density at radius 3 is 2.39 bits per heavy atom. The Morgan fingerprint density at radius 1 is 0.932 bits per heavy atom. The van der Waals surface area contributed by atoms with Crippen molar-refractivity contribution in [1.82, 2.24) is 9.55 Å². The first-order valence-corrected chi connectivity index (χ1v) is 21.3. The maximum Gasteiger partial charge on any atom is 0.343 e. The number of allylic oxidation sites excluding steroid dienone is 2. The average Bonchev–Trinajstić information content (AvgIpc) is 3.57. The van der Waals surface area contributed by atoms with E-state index in [9.17, 15) is 34.8 Å². The number of rotatable bonds is 2. The van der Waals surface area contributed by atoms with E-state index in [0.717, 1.165) is 84.7 Å². The molecule has 6 aliphatic rings. The second-order valence-corrected chi connectivity index (χ2v) is 19.9. The lowest BCUT2D eigenvalue weighted by atomic mass is 9.34. The third-order valence-corrected chi connectivity index (χ3v) is 17.0. The quantitative estimate of drug-likeness (QED) is 0.0778. The number of hydrogen-bond donors (Lipinski definition) is 4. The van der Waals surface area contributed by atoms with Crippen LogP contribution >= 0.6 is 0 Å². The number of para-hydroxylation sites is 1. The van der Waals surface area contributed by atoms with Crippen LogP contribution in [0, 0.1) is 34.5 Å². The Morgan fingerprint density at radius 2 is 1.66 bits per heavy atom. The smallest absolute Gasteiger partial charge is 0.343 e. The van der Waals surface area contributed by atoms with E-state index in [4.69, 9.17) is 9.72 Å². The zero-order valence-corrected chi connectivity index (χ0v) is 35.3. The van der Waals surface area contributed by atoms with Crippen LogP contribution in [-0.4, -0.2) is 41.9 Å². The van der Waals surface area contributed by atoms with Gasteiger partial charge in [-0.1, -0.05) is 64.5 Å². The minimum atomic E-state index is -1.79. The molecule has 0 spiro atoms. The molecule has 2 aromatic carbocycles. The van der Waals surface area contributed by atoms with Gasteiger partial charge in [0.05, 0.1) is 34.4 Å². The van der Waals surface area contributed by atoms with E-state index in [1.54, 1.807) is 17.6 Å². The summed E-state index contributed by atoms with van der Waals surface area (Å²) in [5, 5.41) is 42.8. The number of phenolic OH excluding ortho intramolecular Hbond substituents is 2. The predicted molar refractivity (Wildman–Crippen MR) is 224 cm³/mol. The normalized spacial score (nSPS) is 33.7. The molecule has 310 valence electrons. The van der Waals surface area contributed by atoms with Gasteiger partial charge in [-0.15, -0.1) is 0 Å². The van der Waals surface area contributed by atoms with Gasteiger partial charge in [-0.3, -0.25) is 9.59 Å². The lowest BCUT2D eigenvalue weighted by Gasteiger charge is -2.69. The van der Waals surface area contributed by atoms with Crippen LogP contribution in [0.5, 0.6) is 11.5 Å². The van der Waals surface area contributed by atoms with Crippen molar-refractivity contribution in [3.63, 3.8) is 0 Å². The van der Waals surface area contributed by atoms with Gasteiger partial charge in [0.2, 0.25) is 0 Å². The first-order chi connectivity index (χ1) is 27.7. The third-order valence-electron chi connectivity index (χ3n) is 17.0. The van der Waals surface area contributed by atoms with Gasteiger partial charge in [-0.2, -0.15) is 0 Å². The molecule has 7 unspecified atom stereocenters. The highest BCUT2D eigenvalue weighted by atomic mass is 16.6. The van der Waals surface area contributed by atoms with Crippen LogP contribution in [0.25, 0.3) is 22.3 Å². The molecule has 4 heterocycles. The molecule has 3 fully saturated rings. The molecule has 2 aromatic heterocycles. The van der Waals surface area contributed by atoms with Crippen molar-refractivity contribution in [3.05, 3.63) is 97.8 Å². The van der Waals surface area contributed by atoms with E-state index in [1.165, 1.54) is 11.1 Å². The maximum atomic E-state index is 13.0. The number of carboxylic acids is 1. The fraction of sp³-hybridized carbons (Fsp3) is 0.510. The van der Waals surface area contributed by atoms with Gasteiger partial charge in [0, 0.05) is 21.9 Å².